The number of phenolic OH excluding ortho intramolecular Hbond substituents is 2. The summed E-state index contributed by atoms with van der Waals surface area (Å²) < 4.78 is 0. The van der Waals surface area contributed by atoms with Crippen LogP contribution in [-0.2, 0) is 16.8 Å². The number of likely N-dealkylation sites (N-methyl/N-ethyl adjacent to an activating group) is 1. The highest BCUT2D eigenvalue weighted by atomic mass is 16.4. The number of hydrogen-bond donors (Lipinski definition) is 3. The average molecular weight is 251 g/mol. The summed E-state index contributed by atoms with van der Waals surface area (Å²) in [4.78, 5) is 13.0. The van der Waals surface area contributed by atoms with Crippen molar-refractivity contribution in [3.05, 3.63) is 23.3 Å². The van der Waals surface area contributed by atoms with Crippen molar-refractivity contribution in [3.63, 3.8) is 0 Å². The van der Waals surface area contributed by atoms with Crippen LogP contribution in [0.4, 0.5) is 0 Å². The third kappa shape index (κ3) is 1.71. The molecule has 1 aliphatic heterocycles. The molecule has 1 heterocycles. The molecule has 98 valence electrons. The highest BCUT2D eigenvalue weighted by molar-refractivity contribution is 5.75. The summed E-state index contributed by atoms with van der Waals surface area (Å²) in [5.41, 5.74) is 1.10. The van der Waals surface area contributed by atoms with E-state index in [1.807, 2.05) is 13.8 Å². The van der Waals surface area contributed by atoms with Crippen molar-refractivity contribution in [2.75, 3.05) is 7.05 Å². The first-order chi connectivity index (χ1) is 8.25. The molecule has 0 aliphatic carbocycles. The summed E-state index contributed by atoms with van der Waals surface area (Å²) in [7, 11) is 1.76. The predicted octanol–water partition coefficient (Wildman–Crippen LogP) is 1.27. The molecule has 0 amide bonds. The topological polar surface area (TPSA) is 81.0 Å². The number of phenols is 2. The quantitative estimate of drug-likeness (QED) is 0.655. The lowest BCUT2D eigenvalue weighted by Crippen LogP contribution is -2.53. The maximum Gasteiger partial charge on any atom is 0.321 e. The molecule has 2 rings (SSSR count). The van der Waals surface area contributed by atoms with Crippen molar-refractivity contribution < 1.29 is 20.1 Å². The second-order valence-corrected chi connectivity index (χ2v) is 5.23. The monoisotopic (exact) mass is 251 g/mol. The molecule has 0 radical (unpaired) electrons. The normalized spacial score (nSPS) is 22.5. The molecule has 1 aliphatic rings. The van der Waals surface area contributed by atoms with Crippen LogP contribution in [0.5, 0.6) is 11.5 Å². The first-order valence-electron chi connectivity index (χ1n) is 5.76. The van der Waals surface area contributed by atoms with Gasteiger partial charge < -0.3 is 15.3 Å². The minimum atomic E-state index is -0.885. The number of benzene rings is 1. The van der Waals surface area contributed by atoms with Crippen molar-refractivity contribution in [2.45, 2.75) is 31.8 Å². The van der Waals surface area contributed by atoms with E-state index in [1.165, 1.54) is 12.1 Å². The average Bonchev–Trinajstić information content (AvgIpc) is 2.26. The molecule has 1 atom stereocenters. The molecule has 18 heavy (non-hydrogen) atoms. The van der Waals surface area contributed by atoms with E-state index in [2.05, 4.69) is 0 Å². The third-order valence-corrected chi connectivity index (χ3v) is 3.91. The molecule has 1 aromatic carbocycles. The highest BCUT2D eigenvalue weighted by Crippen LogP contribution is 2.41. The van der Waals surface area contributed by atoms with Gasteiger partial charge in [-0.05, 0) is 50.6 Å². The fourth-order valence-corrected chi connectivity index (χ4v) is 2.54. The van der Waals surface area contributed by atoms with E-state index in [0.29, 0.717) is 6.42 Å². The largest absolute Gasteiger partial charge is 0.504 e. The zero-order valence-electron chi connectivity index (χ0n) is 10.6. The van der Waals surface area contributed by atoms with Gasteiger partial charge in [0, 0.05) is 5.54 Å². The number of carboxylic acids is 1. The van der Waals surface area contributed by atoms with Crippen LogP contribution in [0, 0.1) is 0 Å². The van der Waals surface area contributed by atoms with Crippen molar-refractivity contribution in [1.82, 2.24) is 4.90 Å². The van der Waals surface area contributed by atoms with Crippen LogP contribution in [0.3, 0.4) is 0 Å². The molecule has 1 aromatic rings. The fourth-order valence-electron chi connectivity index (χ4n) is 2.54. The first kappa shape index (κ1) is 12.7. The Kier molecular flexibility index (Phi) is 2.74. The Morgan fingerprint density at radius 1 is 1.33 bits per heavy atom. The molecule has 0 fully saturated rings. The molecule has 5 nitrogen and oxygen atoms in total. The van der Waals surface area contributed by atoms with Crippen LogP contribution in [0.25, 0.3) is 0 Å². The SMILES string of the molecule is CN1C(C(=O)O)Cc2cc(O)c(O)cc2C1(C)C. The standard InChI is InChI=1S/C13H17NO4/c1-13(2)8-6-11(16)10(15)5-7(8)4-9(12(17)18)14(13)3/h5-6,9,15-16H,4H2,1-3H3,(H,17,18). The molecule has 0 spiro atoms. The van der Waals surface area contributed by atoms with Gasteiger partial charge in [0.1, 0.15) is 6.04 Å². The summed E-state index contributed by atoms with van der Waals surface area (Å²) in [6.07, 6.45) is 0.318. The van der Waals surface area contributed by atoms with Crippen LogP contribution in [0.15, 0.2) is 12.1 Å². The number of hydrogen-bond acceptors (Lipinski definition) is 4. The van der Waals surface area contributed by atoms with Crippen LogP contribution < -0.4 is 0 Å². The van der Waals surface area contributed by atoms with E-state index in [-0.39, 0.29) is 11.5 Å². The highest BCUT2D eigenvalue weighted by Gasteiger charge is 2.41. The van der Waals surface area contributed by atoms with Crippen molar-refractivity contribution in [1.29, 1.82) is 0 Å². The van der Waals surface area contributed by atoms with Gasteiger partial charge >= 0.3 is 5.97 Å². The molecule has 5 heteroatoms. The second kappa shape index (κ2) is 3.88. The second-order valence-electron chi connectivity index (χ2n) is 5.23. The summed E-state index contributed by atoms with van der Waals surface area (Å²) in [5, 5.41) is 28.3. The van der Waals surface area contributed by atoms with Crippen LogP contribution in [0.1, 0.15) is 25.0 Å². The zero-order chi connectivity index (χ0) is 13.7. The number of carboxylic acid groups (broad SMARTS) is 1. The minimum absolute atomic E-state index is 0.177. The summed E-state index contributed by atoms with van der Waals surface area (Å²) in [6, 6.07) is 2.34. The lowest BCUT2D eigenvalue weighted by molar-refractivity contribution is -0.145. The molecule has 0 saturated heterocycles. The van der Waals surface area contributed by atoms with Gasteiger partial charge in [-0.2, -0.15) is 0 Å². The Morgan fingerprint density at radius 2 is 1.89 bits per heavy atom. The molecule has 0 bridgehead atoms. The Morgan fingerprint density at radius 3 is 2.44 bits per heavy atom. The van der Waals surface area contributed by atoms with Gasteiger partial charge in [0.25, 0.3) is 0 Å². The van der Waals surface area contributed by atoms with Crippen LogP contribution in [0.2, 0.25) is 0 Å². The Bertz CT molecular complexity index is 510. The van der Waals surface area contributed by atoms with Gasteiger partial charge in [-0.25, -0.2) is 0 Å². The maximum atomic E-state index is 11.3. The summed E-state index contributed by atoms with van der Waals surface area (Å²) >= 11 is 0. The van der Waals surface area contributed by atoms with Gasteiger partial charge in [-0.15, -0.1) is 0 Å². The summed E-state index contributed by atoms with van der Waals surface area (Å²) in [6.45, 7) is 3.80. The number of carbonyl (C=O) groups is 1. The molecule has 0 saturated carbocycles. The molecule has 3 N–H and O–H groups in total. The van der Waals surface area contributed by atoms with E-state index in [0.717, 1.165) is 11.1 Å². The van der Waals surface area contributed by atoms with Crippen molar-refractivity contribution >= 4 is 5.97 Å². The number of aromatic hydroxyl groups is 2. The number of rotatable bonds is 1. The van der Waals surface area contributed by atoms with Gasteiger partial charge in [0.15, 0.2) is 11.5 Å². The van der Waals surface area contributed by atoms with Gasteiger partial charge in [0.2, 0.25) is 0 Å². The maximum absolute atomic E-state index is 11.3. The van der Waals surface area contributed by atoms with E-state index >= 15 is 0 Å². The van der Waals surface area contributed by atoms with Crippen molar-refractivity contribution in [2.24, 2.45) is 0 Å². The first-order valence-corrected chi connectivity index (χ1v) is 5.76. The van der Waals surface area contributed by atoms with E-state index in [1.54, 1.807) is 11.9 Å². The van der Waals surface area contributed by atoms with E-state index < -0.39 is 17.6 Å². The molecular weight excluding hydrogens is 234 g/mol. The van der Waals surface area contributed by atoms with Gasteiger partial charge in [-0.1, -0.05) is 0 Å². The minimum Gasteiger partial charge on any atom is -0.504 e. The molecule has 1 unspecified atom stereocenters. The lowest BCUT2D eigenvalue weighted by atomic mass is 9.80. The van der Waals surface area contributed by atoms with Gasteiger partial charge in [-0.3, -0.25) is 9.69 Å². The van der Waals surface area contributed by atoms with Crippen molar-refractivity contribution in [3.8, 4) is 11.5 Å². The lowest BCUT2D eigenvalue weighted by Gasteiger charge is -2.45. The molecule has 0 aromatic heterocycles. The fraction of sp³-hybridized carbons (Fsp3) is 0.462. The van der Waals surface area contributed by atoms with Crippen LogP contribution >= 0.6 is 0 Å². The smallest absolute Gasteiger partial charge is 0.321 e. The Labute approximate surface area is 105 Å². The Balaban J connectivity index is 2.60. The molecular formula is C13H17NO4. The predicted molar refractivity (Wildman–Crippen MR) is 65.7 cm³/mol. The number of aliphatic carboxylic acids is 1. The number of nitrogens with zero attached hydrogens (tertiary/aromatic N) is 1. The van der Waals surface area contributed by atoms with E-state index in [4.69, 9.17) is 0 Å². The van der Waals surface area contributed by atoms with Gasteiger partial charge in [0.05, 0.1) is 0 Å². The Hall–Kier alpha value is -1.75. The van der Waals surface area contributed by atoms with E-state index in [9.17, 15) is 20.1 Å². The number of fused-ring (bicyclic) bond motifs is 1. The van der Waals surface area contributed by atoms with Crippen LogP contribution in [-0.4, -0.2) is 39.3 Å². The summed E-state index contributed by atoms with van der Waals surface area (Å²) in [5.74, 6) is -1.27. The third-order valence-electron chi connectivity index (χ3n) is 3.91. The zero-order valence-corrected chi connectivity index (χ0v) is 10.6.